The van der Waals surface area contributed by atoms with Crippen molar-refractivity contribution in [3.05, 3.63) is 89.2 Å². The van der Waals surface area contributed by atoms with Gasteiger partial charge in [0, 0.05) is 25.2 Å². The van der Waals surface area contributed by atoms with Crippen molar-refractivity contribution in [3.8, 4) is 17.1 Å². The van der Waals surface area contributed by atoms with Crippen molar-refractivity contribution in [1.29, 1.82) is 0 Å². The number of hydrogen-bond donors (Lipinski definition) is 1. The molecule has 1 amide bonds. The number of fused-ring (bicyclic) bond motifs is 1. The van der Waals surface area contributed by atoms with Crippen molar-refractivity contribution in [3.63, 3.8) is 0 Å². The fraction of sp³-hybridized carbons (Fsp3) is 0.233. The molecule has 41 heavy (non-hydrogen) atoms. The molecular weight excluding hydrogens is 542 g/mol. The molecule has 0 aliphatic rings. The summed E-state index contributed by atoms with van der Waals surface area (Å²) in [5.74, 6) is 0.581. The molecule has 0 aliphatic carbocycles. The standard InChI is InChI=1S/C30H31N5O5S/c1-6-39-30-31-25-12-9-11-24(29(36)34(4)5)27(25)35(30)18-21-14-16-22(17-15-21)23-10-7-8-13-26(23)41(37,38)33-28-19(2)20(3)40-32-28/h7-17H,6,18H2,1-5H3,(H,32,33). The first-order valence-corrected chi connectivity index (χ1v) is 14.6. The number of aryl methyl sites for hydroxylation is 1. The minimum atomic E-state index is -3.95. The Morgan fingerprint density at radius 3 is 2.41 bits per heavy atom. The molecule has 3 aromatic carbocycles. The van der Waals surface area contributed by atoms with Crippen molar-refractivity contribution in [2.24, 2.45) is 0 Å². The number of imidazole rings is 1. The molecule has 0 saturated heterocycles. The summed E-state index contributed by atoms with van der Waals surface area (Å²) in [6.07, 6.45) is 0. The summed E-state index contributed by atoms with van der Waals surface area (Å²) < 4.78 is 42.1. The third-order valence-electron chi connectivity index (χ3n) is 6.81. The summed E-state index contributed by atoms with van der Waals surface area (Å²) in [5.41, 5.74) is 4.73. The predicted molar refractivity (Wildman–Crippen MR) is 157 cm³/mol. The highest BCUT2D eigenvalue weighted by atomic mass is 32.2. The Balaban J connectivity index is 1.50. The van der Waals surface area contributed by atoms with E-state index in [1.165, 1.54) is 4.90 Å². The molecule has 0 aliphatic heterocycles. The lowest BCUT2D eigenvalue weighted by molar-refractivity contribution is 0.0829. The van der Waals surface area contributed by atoms with Crippen LogP contribution in [-0.2, 0) is 16.6 Å². The van der Waals surface area contributed by atoms with E-state index in [0.29, 0.717) is 52.6 Å². The molecule has 5 rings (SSSR count). The molecule has 0 atom stereocenters. The van der Waals surface area contributed by atoms with Crippen molar-refractivity contribution >= 4 is 32.8 Å². The van der Waals surface area contributed by atoms with Crippen molar-refractivity contribution < 1.29 is 22.5 Å². The number of nitrogens with zero attached hydrogens (tertiary/aromatic N) is 4. The average molecular weight is 574 g/mol. The van der Waals surface area contributed by atoms with E-state index in [2.05, 4.69) is 14.9 Å². The first-order valence-electron chi connectivity index (χ1n) is 13.1. The van der Waals surface area contributed by atoms with Gasteiger partial charge in [0.15, 0.2) is 5.82 Å². The second-order valence-electron chi connectivity index (χ2n) is 9.80. The number of anilines is 1. The van der Waals surface area contributed by atoms with Gasteiger partial charge in [-0.2, -0.15) is 4.98 Å². The molecular formula is C30H31N5O5S. The fourth-order valence-electron chi connectivity index (χ4n) is 4.57. The Morgan fingerprint density at radius 2 is 1.76 bits per heavy atom. The van der Waals surface area contributed by atoms with E-state index in [-0.39, 0.29) is 16.6 Å². The molecule has 0 bridgehead atoms. The van der Waals surface area contributed by atoms with Crippen LogP contribution in [0.3, 0.4) is 0 Å². The van der Waals surface area contributed by atoms with Gasteiger partial charge in [0.05, 0.1) is 34.6 Å². The first kappa shape index (κ1) is 27.9. The smallest absolute Gasteiger partial charge is 0.297 e. The second-order valence-corrected chi connectivity index (χ2v) is 11.4. The summed E-state index contributed by atoms with van der Waals surface area (Å²) >= 11 is 0. The molecule has 0 unspecified atom stereocenters. The van der Waals surface area contributed by atoms with E-state index in [9.17, 15) is 13.2 Å². The summed E-state index contributed by atoms with van der Waals surface area (Å²) in [6, 6.07) is 20.3. The van der Waals surface area contributed by atoms with E-state index in [0.717, 1.165) is 11.1 Å². The minimum Gasteiger partial charge on any atom is -0.465 e. The van der Waals surface area contributed by atoms with Crippen LogP contribution in [0.5, 0.6) is 6.01 Å². The maximum absolute atomic E-state index is 13.3. The maximum Gasteiger partial charge on any atom is 0.297 e. The van der Waals surface area contributed by atoms with E-state index >= 15 is 0 Å². The minimum absolute atomic E-state index is 0.124. The van der Waals surface area contributed by atoms with Gasteiger partial charge in [-0.05, 0) is 50.1 Å². The number of rotatable bonds is 9. The van der Waals surface area contributed by atoms with Crippen molar-refractivity contribution in [1.82, 2.24) is 19.6 Å². The summed E-state index contributed by atoms with van der Waals surface area (Å²) in [6.45, 7) is 6.17. The van der Waals surface area contributed by atoms with Gasteiger partial charge in [-0.15, -0.1) is 0 Å². The molecule has 2 heterocycles. The van der Waals surface area contributed by atoms with Gasteiger partial charge in [-0.3, -0.25) is 14.1 Å². The average Bonchev–Trinajstić information content (AvgIpc) is 3.47. The van der Waals surface area contributed by atoms with Gasteiger partial charge in [-0.25, -0.2) is 8.42 Å². The molecule has 5 aromatic rings. The van der Waals surface area contributed by atoms with Crippen LogP contribution in [0.4, 0.5) is 5.82 Å². The number of carbonyl (C=O) groups excluding carboxylic acids is 1. The molecule has 11 heteroatoms. The monoisotopic (exact) mass is 573 g/mol. The van der Waals surface area contributed by atoms with E-state index in [1.54, 1.807) is 58.3 Å². The van der Waals surface area contributed by atoms with Crippen LogP contribution in [0.15, 0.2) is 76.1 Å². The molecule has 0 spiro atoms. The molecule has 0 saturated carbocycles. The highest BCUT2D eigenvalue weighted by Crippen LogP contribution is 2.31. The van der Waals surface area contributed by atoms with Crippen LogP contribution in [0, 0.1) is 13.8 Å². The molecule has 0 fully saturated rings. The highest BCUT2D eigenvalue weighted by Gasteiger charge is 2.23. The summed E-state index contributed by atoms with van der Waals surface area (Å²) in [7, 11) is -0.518. The number of ether oxygens (including phenoxy) is 1. The Labute approximate surface area is 238 Å². The second kappa shape index (κ2) is 11.1. The van der Waals surface area contributed by atoms with Gasteiger partial charge in [-0.1, -0.05) is 53.7 Å². The van der Waals surface area contributed by atoms with Crippen LogP contribution in [0.2, 0.25) is 0 Å². The Hall–Kier alpha value is -4.64. The fourth-order valence-corrected chi connectivity index (χ4v) is 5.86. The van der Waals surface area contributed by atoms with Crippen molar-refractivity contribution in [2.75, 3.05) is 25.4 Å². The van der Waals surface area contributed by atoms with Gasteiger partial charge in [0.25, 0.3) is 21.9 Å². The van der Waals surface area contributed by atoms with Crippen molar-refractivity contribution in [2.45, 2.75) is 32.2 Å². The highest BCUT2D eigenvalue weighted by molar-refractivity contribution is 7.92. The van der Waals surface area contributed by atoms with E-state index in [1.807, 2.05) is 47.9 Å². The third-order valence-corrected chi connectivity index (χ3v) is 8.21. The van der Waals surface area contributed by atoms with E-state index in [4.69, 9.17) is 9.26 Å². The molecule has 2 aromatic heterocycles. The number of amides is 1. The van der Waals surface area contributed by atoms with Crippen LogP contribution >= 0.6 is 0 Å². The van der Waals surface area contributed by atoms with Crippen LogP contribution in [0.1, 0.15) is 34.2 Å². The van der Waals surface area contributed by atoms with Crippen LogP contribution in [0.25, 0.3) is 22.2 Å². The summed E-state index contributed by atoms with van der Waals surface area (Å²) in [4.78, 5) is 19.3. The number of carbonyl (C=O) groups is 1. The molecule has 1 N–H and O–H groups in total. The Morgan fingerprint density at radius 1 is 1.02 bits per heavy atom. The number of benzene rings is 3. The van der Waals surface area contributed by atoms with Gasteiger partial charge in [0.2, 0.25) is 0 Å². The summed E-state index contributed by atoms with van der Waals surface area (Å²) in [5, 5.41) is 3.84. The van der Waals surface area contributed by atoms with Gasteiger partial charge in [0.1, 0.15) is 5.76 Å². The lowest BCUT2D eigenvalue weighted by Crippen LogP contribution is -2.22. The SMILES string of the molecule is CCOc1nc2cccc(C(=O)N(C)C)c2n1Cc1ccc(-c2ccccc2S(=O)(=O)Nc2noc(C)c2C)cc1. The quantitative estimate of drug-likeness (QED) is 0.256. The number of nitrogens with one attached hydrogen (secondary N) is 1. The lowest BCUT2D eigenvalue weighted by Gasteiger charge is -2.15. The van der Waals surface area contributed by atoms with Crippen LogP contribution < -0.4 is 9.46 Å². The number of hydrogen-bond acceptors (Lipinski definition) is 7. The zero-order valence-corrected chi connectivity index (χ0v) is 24.3. The number of para-hydroxylation sites is 1. The van der Waals surface area contributed by atoms with Gasteiger partial charge >= 0.3 is 0 Å². The van der Waals surface area contributed by atoms with E-state index < -0.39 is 10.0 Å². The van der Waals surface area contributed by atoms with Gasteiger partial charge < -0.3 is 14.2 Å². The lowest BCUT2D eigenvalue weighted by atomic mass is 10.0. The number of sulfonamides is 1. The molecule has 212 valence electrons. The largest absolute Gasteiger partial charge is 0.465 e. The molecule has 10 nitrogen and oxygen atoms in total. The Bertz CT molecular complexity index is 1840. The van der Waals surface area contributed by atoms with Crippen LogP contribution in [-0.4, -0.2) is 54.6 Å². The zero-order chi connectivity index (χ0) is 29.3. The normalized spacial score (nSPS) is 11.5. The topological polar surface area (TPSA) is 120 Å². The first-order chi connectivity index (χ1) is 19.6. The molecule has 0 radical (unpaired) electrons. The Kier molecular flexibility index (Phi) is 7.55. The zero-order valence-electron chi connectivity index (χ0n) is 23.5. The predicted octanol–water partition coefficient (Wildman–Crippen LogP) is 5.26. The number of aromatic nitrogens is 3. The third kappa shape index (κ3) is 5.40. The maximum atomic E-state index is 13.3.